The van der Waals surface area contributed by atoms with E-state index < -0.39 is 27.3 Å². The molecule has 0 bridgehead atoms. The van der Waals surface area contributed by atoms with Gasteiger partial charge in [0.15, 0.2) is 5.75 Å². The van der Waals surface area contributed by atoms with Crippen LogP contribution in [0.25, 0.3) is 0 Å². The predicted octanol–water partition coefficient (Wildman–Crippen LogP) is 2.29. The van der Waals surface area contributed by atoms with Gasteiger partial charge in [-0.3, -0.25) is 0 Å². The maximum absolute atomic E-state index is 12.4. The molecule has 8 heteroatoms. The van der Waals surface area contributed by atoms with Crippen LogP contribution in [-0.2, 0) is 24.0 Å². The molecule has 2 N–H and O–H groups in total. The highest BCUT2D eigenvalue weighted by atomic mass is 79.9. The number of halogens is 4. The van der Waals surface area contributed by atoms with Crippen LogP contribution in [-0.4, -0.2) is 28.3 Å². The molecule has 19 heavy (non-hydrogen) atoms. The van der Waals surface area contributed by atoms with Crippen LogP contribution in [0.15, 0.2) is 17.0 Å². The molecule has 0 saturated heterocycles. The Hall–Kier alpha value is -0.440. The number of nitrogens with one attached hydrogen (secondary N) is 1. The second-order valence-electron chi connectivity index (χ2n) is 4.05. The summed E-state index contributed by atoms with van der Waals surface area (Å²) in [5, 5.41) is 12.7. The van der Waals surface area contributed by atoms with Gasteiger partial charge in [0.2, 0.25) is 4.90 Å². The Morgan fingerprint density at radius 2 is 1.68 bits per heavy atom. The first-order valence-electron chi connectivity index (χ1n) is 5.43. The summed E-state index contributed by atoms with van der Waals surface area (Å²) in [5.74, 6) is -0.550. The first kappa shape index (κ1) is 16.6. The zero-order chi connectivity index (χ0) is 13.3. The number of aromatic hydroxyl groups is 1. The average Bonchev–Trinajstić information content (AvgIpc) is 2.50. The van der Waals surface area contributed by atoms with Gasteiger partial charge >= 0.3 is 5.51 Å². The second-order valence-corrected chi connectivity index (χ2v) is 5.49. The van der Waals surface area contributed by atoms with Crippen LogP contribution in [0, 0.1) is 0 Å². The summed E-state index contributed by atoms with van der Waals surface area (Å²) in [6.45, 7) is 1.38. The van der Waals surface area contributed by atoms with Gasteiger partial charge in [-0.25, -0.2) is 0 Å². The zero-order valence-corrected chi connectivity index (χ0v) is 12.3. The molecule has 1 aromatic rings. The summed E-state index contributed by atoms with van der Waals surface area (Å²) in [6.07, 6.45) is 1.21. The van der Waals surface area contributed by atoms with E-state index in [9.17, 15) is 22.8 Å². The van der Waals surface area contributed by atoms with Gasteiger partial charge in [-0.2, -0.15) is 0 Å². The van der Waals surface area contributed by atoms with Crippen molar-refractivity contribution in [3.05, 3.63) is 23.3 Å². The van der Waals surface area contributed by atoms with E-state index in [1.165, 1.54) is 12.1 Å². The molecule has 0 fully saturated rings. The van der Waals surface area contributed by atoms with Gasteiger partial charge in [0.25, 0.3) is 0 Å². The van der Waals surface area contributed by atoms with Crippen molar-refractivity contribution in [1.29, 1.82) is 0 Å². The SMILES string of the molecule is Br.[O-][S+](c1cc2c(cc1O)CCNCC2)C(F)(F)F. The lowest BCUT2D eigenvalue weighted by Gasteiger charge is -2.15. The molecule has 3 nitrogen and oxygen atoms in total. The van der Waals surface area contributed by atoms with Crippen molar-refractivity contribution in [2.24, 2.45) is 0 Å². The van der Waals surface area contributed by atoms with E-state index in [1.54, 1.807) is 0 Å². The molecule has 1 aromatic carbocycles. The molecule has 108 valence electrons. The number of hydrogen-bond acceptors (Lipinski definition) is 3. The molecule has 0 amide bonds. The summed E-state index contributed by atoms with van der Waals surface area (Å²) < 4.78 is 48.5. The van der Waals surface area contributed by atoms with E-state index in [2.05, 4.69) is 5.32 Å². The molecule has 0 aliphatic carbocycles. The maximum atomic E-state index is 12.4. The fourth-order valence-corrected chi connectivity index (χ4v) is 2.71. The van der Waals surface area contributed by atoms with Gasteiger partial charge in [0, 0.05) is 6.07 Å². The lowest BCUT2D eigenvalue weighted by Crippen LogP contribution is -2.23. The summed E-state index contributed by atoms with van der Waals surface area (Å²) >= 11 is -3.19. The molecule has 0 aromatic heterocycles. The number of phenols is 1. The smallest absolute Gasteiger partial charge is 0.578 e. The number of phenolic OH excluding ortho intramolecular Hbond substituents is 1. The van der Waals surface area contributed by atoms with E-state index >= 15 is 0 Å². The maximum Gasteiger partial charge on any atom is 0.578 e. The highest BCUT2D eigenvalue weighted by Crippen LogP contribution is 2.36. The van der Waals surface area contributed by atoms with Crippen LogP contribution in [0.2, 0.25) is 0 Å². The molecule has 0 spiro atoms. The van der Waals surface area contributed by atoms with Crippen molar-refractivity contribution < 1.29 is 22.8 Å². The highest BCUT2D eigenvalue weighted by molar-refractivity contribution is 8.93. The first-order chi connectivity index (χ1) is 8.39. The standard InChI is InChI=1S/C11H12F3NO2S.BrH/c12-11(13,14)18(17)10-6-8-2-4-15-3-1-7(8)5-9(10)16;/h5-6,15-16H,1-4H2;1H. The van der Waals surface area contributed by atoms with Gasteiger partial charge in [-0.05, 0) is 43.1 Å². The molecule has 1 unspecified atom stereocenters. The first-order valence-corrected chi connectivity index (χ1v) is 6.58. The van der Waals surface area contributed by atoms with E-state index in [-0.39, 0.29) is 17.0 Å². The molecule has 0 radical (unpaired) electrons. The van der Waals surface area contributed by atoms with E-state index in [0.29, 0.717) is 31.5 Å². The molecule has 2 rings (SSSR count). The molecule has 1 aliphatic heterocycles. The van der Waals surface area contributed by atoms with Crippen LogP contribution in [0.3, 0.4) is 0 Å². The summed E-state index contributed by atoms with van der Waals surface area (Å²) in [6, 6.07) is 2.50. The fraction of sp³-hybridized carbons (Fsp3) is 0.455. The molecular formula is C11H13BrF3NO2S. The normalized spacial score (nSPS) is 17.1. The molecule has 1 heterocycles. The highest BCUT2D eigenvalue weighted by Gasteiger charge is 2.47. The number of rotatable bonds is 1. The lowest BCUT2D eigenvalue weighted by molar-refractivity contribution is -0.0436. The number of fused-ring (bicyclic) bond motifs is 1. The van der Waals surface area contributed by atoms with Crippen molar-refractivity contribution in [3.8, 4) is 5.75 Å². The largest absolute Gasteiger partial charge is 0.604 e. The topological polar surface area (TPSA) is 55.3 Å². The van der Waals surface area contributed by atoms with Gasteiger partial charge in [0.05, 0.1) is 0 Å². The number of alkyl halides is 3. The molecular weight excluding hydrogens is 347 g/mol. The van der Waals surface area contributed by atoms with Crippen molar-refractivity contribution >= 4 is 28.2 Å². The fourth-order valence-electron chi connectivity index (χ4n) is 1.96. The Bertz CT molecular complexity index is 456. The minimum Gasteiger partial charge on any atom is -0.604 e. The molecule has 0 saturated carbocycles. The molecule has 1 atom stereocenters. The summed E-state index contributed by atoms with van der Waals surface area (Å²) in [7, 11) is 0. The Kier molecular flexibility index (Phi) is 5.54. The number of benzene rings is 1. The van der Waals surface area contributed by atoms with Gasteiger partial charge in [-0.1, -0.05) is 0 Å². The van der Waals surface area contributed by atoms with Crippen LogP contribution >= 0.6 is 17.0 Å². The Labute approximate surface area is 122 Å². The number of hydrogen-bond donors (Lipinski definition) is 2. The van der Waals surface area contributed by atoms with Crippen molar-refractivity contribution in [2.75, 3.05) is 13.1 Å². The second kappa shape index (κ2) is 6.34. The third-order valence-electron chi connectivity index (χ3n) is 2.83. The third kappa shape index (κ3) is 3.77. The van der Waals surface area contributed by atoms with Crippen molar-refractivity contribution in [1.82, 2.24) is 5.32 Å². The minimum absolute atomic E-state index is 0. The Morgan fingerprint density at radius 3 is 2.21 bits per heavy atom. The lowest BCUT2D eigenvalue weighted by atomic mass is 10.0. The monoisotopic (exact) mass is 359 g/mol. The van der Waals surface area contributed by atoms with E-state index in [4.69, 9.17) is 0 Å². The van der Waals surface area contributed by atoms with Crippen LogP contribution in [0.4, 0.5) is 13.2 Å². The van der Waals surface area contributed by atoms with E-state index in [1.807, 2.05) is 0 Å². The van der Waals surface area contributed by atoms with Crippen LogP contribution < -0.4 is 5.32 Å². The van der Waals surface area contributed by atoms with Gasteiger partial charge in [0.1, 0.15) is 11.2 Å². The van der Waals surface area contributed by atoms with Gasteiger partial charge in [-0.15, -0.1) is 30.2 Å². The zero-order valence-electron chi connectivity index (χ0n) is 9.79. The third-order valence-corrected chi connectivity index (χ3v) is 3.98. The van der Waals surface area contributed by atoms with Crippen molar-refractivity contribution in [2.45, 2.75) is 23.2 Å². The van der Waals surface area contributed by atoms with E-state index in [0.717, 1.165) is 5.56 Å². The quantitative estimate of drug-likeness (QED) is 0.756. The molecule has 1 aliphatic rings. The summed E-state index contributed by atoms with van der Waals surface area (Å²) in [5.41, 5.74) is -3.33. The van der Waals surface area contributed by atoms with Crippen LogP contribution in [0.5, 0.6) is 5.75 Å². The summed E-state index contributed by atoms with van der Waals surface area (Å²) in [4.78, 5) is -0.553. The average molecular weight is 360 g/mol. The Morgan fingerprint density at radius 1 is 1.16 bits per heavy atom. The van der Waals surface area contributed by atoms with Gasteiger partial charge < -0.3 is 15.0 Å². The van der Waals surface area contributed by atoms with Crippen LogP contribution in [0.1, 0.15) is 11.1 Å². The van der Waals surface area contributed by atoms with Crippen molar-refractivity contribution in [3.63, 3.8) is 0 Å². The predicted molar refractivity (Wildman–Crippen MR) is 71.2 cm³/mol. The minimum atomic E-state index is -4.85. The Balaban J connectivity index is 0.00000180.